The molecule has 6 heteroatoms. The van der Waals surface area contributed by atoms with Crippen LogP contribution in [0.3, 0.4) is 0 Å². The minimum absolute atomic E-state index is 0.0575. The molecule has 0 fully saturated rings. The fourth-order valence-corrected chi connectivity index (χ4v) is 4.36. The van der Waals surface area contributed by atoms with Crippen molar-refractivity contribution in [1.29, 1.82) is 0 Å². The van der Waals surface area contributed by atoms with Crippen LogP contribution in [-0.4, -0.2) is 22.8 Å². The van der Waals surface area contributed by atoms with Crippen LogP contribution in [0.4, 0.5) is 5.82 Å². The third-order valence-electron chi connectivity index (χ3n) is 5.04. The molecule has 1 N–H and O–H groups in total. The number of ether oxygens (including phenoxy) is 1. The zero-order chi connectivity index (χ0) is 19.7. The maximum atomic E-state index is 12.8. The maximum absolute atomic E-state index is 12.8. The van der Waals surface area contributed by atoms with Gasteiger partial charge >= 0.3 is 0 Å². The van der Waals surface area contributed by atoms with Gasteiger partial charge in [-0.25, -0.2) is 4.68 Å². The fourth-order valence-electron chi connectivity index (χ4n) is 3.33. The summed E-state index contributed by atoms with van der Waals surface area (Å²) in [6, 6.07) is 13.9. The van der Waals surface area contributed by atoms with Gasteiger partial charge in [0.2, 0.25) is 5.91 Å². The Kier molecular flexibility index (Phi) is 5.13. The Labute approximate surface area is 169 Å². The number of hydrogen-bond acceptors (Lipinski definition) is 4. The molecule has 0 aliphatic carbocycles. The average Bonchev–Trinajstić information content (AvgIpc) is 3.27. The van der Waals surface area contributed by atoms with Gasteiger partial charge in [0, 0.05) is 17.1 Å². The van der Waals surface area contributed by atoms with Crippen LogP contribution in [0.15, 0.2) is 42.5 Å². The molecule has 3 aromatic rings. The van der Waals surface area contributed by atoms with E-state index in [2.05, 4.69) is 37.4 Å². The summed E-state index contributed by atoms with van der Waals surface area (Å²) in [5.74, 6) is 3.23. The van der Waals surface area contributed by atoms with Gasteiger partial charge in [-0.05, 0) is 54.8 Å². The molecule has 0 saturated heterocycles. The standard InChI is InChI=1S/C22H23N3O2S/c1-14-7-8-17(9-15(14)2)25-22(19-12-28-13-20(19)24-25)23-21(26)11-16-5-4-6-18(10-16)27-3/h4-10H,11-13H2,1-3H3,(H,23,26). The van der Waals surface area contributed by atoms with E-state index in [0.717, 1.165) is 45.6 Å². The normalized spacial score (nSPS) is 12.7. The van der Waals surface area contributed by atoms with Gasteiger partial charge in [0.05, 0.1) is 24.9 Å². The monoisotopic (exact) mass is 393 g/mol. The number of nitrogens with zero attached hydrogens (tertiary/aromatic N) is 2. The molecular weight excluding hydrogens is 370 g/mol. The Hall–Kier alpha value is -2.73. The first-order valence-electron chi connectivity index (χ1n) is 9.24. The Morgan fingerprint density at radius 2 is 2.04 bits per heavy atom. The van der Waals surface area contributed by atoms with Crippen molar-refractivity contribution in [3.05, 3.63) is 70.4 Å². The molecule has 0 bridgehead atoms. The predicted molar refractivity (Wildman–Crippen MR) is 113 cm³/mol. The molecule has 1 amide bonds. The Morgan fingerprint density at radius 1 is 1.18 bits per heavy atom. The number of nitrogens with one attached hydrogen (secondary N) is 1. The van der Waals surface area contributed by atoms with Crippen LogP contribution in [0, 0.1) is 13.8 Å². The van der Waals surface area contributed by atoms with E-state index in [1.54, 1.807) is 7.11 Å². The molecule has 1 aliphatic rings. The second-order valence-electron chi connectivity index (χ2n) is 7.02. The number of rotatable bonds is 5. The molecule has 1 aliphatic heterocycles. The summed E-state index contributed by atoms with van der Waals surface area (Å²) in [6.45, 7) is 4.18. The molecular formula is C22H23N3O2S. The van der Waals surface area contributed by atoms with E-state index in [0.29, 0.717) is 0 Å². The van der Waals surface area contributed by atoms with Gasteiger partial charge in [0.15, 0.2) is 0 Å². The number of aromatic nitrogens is 2. The molecule has 144 valence electrons. The van der Waals surface area contributed by atoms with Crippen molar-refractivity contribution in [1.82, 2.24) is 9.78 Å². The van der Waals surface area contributed by atoms with Crippen molar-refractivity contribution in [2.75, 3.05) is 12.4 Å². The number of thioether (sulfide) groups is 1. The van der Waals surface area contributed by atoms with Gasteiger partial charge in [-0.2, -0.15) is 16.9 Å². The van der Waals surface area contributed by atoms with Gasteiger partial charge in [0.1, 0.15) is 11.6 Å². The number of carbonyl (C=O) groups is 1. The van der Waals surface area contributed by atoms with E-state index < -0.39 is 0 Å². The third kappa shape index (κ3) is 3.64. The number of fused-ring (bicyclic) bond motifs is 1. The van der Waals surface area contributed by atoms with Gasteiger partial charge in [-0.1, -0.05) is 18.2 Å². The van der Waals surface area contributed by atoms with Crippen LogP contribution in [0.1, 0.15) is 27.9 Å². The van der Waals surface area contributed by atoms with Crippen LogP contribution in [0.25, 0.3) is 5.69 Å². The summed E-state index contributed by atoms with van der Waals surface area (Å²) in [4.78, 5) is 12.8. The van der Waals surface area contributed by atoms with Gasteiger partial charge in [0.25, 0.3) is 0 Å². The lowest BCUT2D eigenvalue weighted by molar-refractivity contribution is -0.115. The topological polar surface area (TPSA) is 56.1 Å². The van der Waals surface area contributed by atoms with Crippen LogP contribution in [-0.2, 0) is 22.7 Å². The Balaban J connectivity index is 1.63. The maximum Gasteiger partial charge on any atom is 0.229 e. The molecule has 1 aromatic heterocycles. The van der Waals surface area contributed by atoms with Crippen molar-refractivity contribution in [2.24, 2.45) is 0 Å². The largest absolute Gasteiger partial charge is 0.497 e. The minimum atomic E-state index is -0.0575. The molecule has 0 unspecified atom stereocenters. The number of carbonyl (C=O) groups excluding carboxylic acids is 1. The first-order chi connectivity index (χ1) is 13.5. The van der Waals surface area contributed by atoms with Gasteiger partial charge in [-0.15, -0.1) is 0 Å². The van der Waals surface area contributed by atoms with Crippen molar-refractivity contribution in [3.63, 3.8) is 0 Å². The lowest BCUT2D eigenvalue weighted by atomic mass is 10.1. The summed E-state index contributed by atoms with van der Waals surface area (Å²) in [5.41, 5.74) is 6.51. The highest BCUT2D eigenvalue weighted by Crippen LogP contribution is 2.36. The van der Waals surface area contributed by atoms with E-state index >= 15 is 0 Å². The quantitative estimate of drug-likeness (QED) is 0.697. The SMILES string of the molecule is COc1cccc(CC(=O)Nc2c3c(nn2-c2ccc(C)c(C)c2)CSC3)c1. The number of aryl methyl sites for hydroxylation is 2. The Morgan fingerprint density at radius 3 is 2.82 bits per heavy atom. The van der Waals surface area contributed by atoms with E-state index in [1.807, 2.05) is 40.7 Å². The molecule has 5 nitrogen and oxygen atoms in total. The van der Waals surface area contributed by atoms with Gasteiger partial charge in [-0.3, -0.25) is 4.79 Å². The number of anilines is 1. The van der Waals surface area contributed by atoms with E-state index in [-0.39, 0.29) is 12.3 Å². The summed E-state index contributed by atoms with van der Waals surface area (Å²) in [6.07, 6.45) is 0.289. The summed E-state index contributed by atoms with van der Waals surface area (Å²) in [7, 11) is 1.63. The highest BCUT2D eigenvalue weighted by Gasteiger charge is 2.24. The minimum Gasteiger partial charge on any atom is -0.497 e. The third-order valence-corrected chi connectivity index (χ3v) is 6.01. The zero-order valence-electron chi connectivity index (χ0n) is 16.3. The van der Waals surface area contributed by atoms with Crippen LogP contribution in [0.2, 0.25) is 0 Å². The molecule has 0 spiro atoms. The fraction of sp³-hybridized carbons (Fsp3) is 0.273. The Bertz CT molecular complexity index is 1040. The summed E-state index contributed by atoms with van der Waals surface area (Å²) in [5, 5.41) is 7.90. The second kappa shape index (κ2) is 7.72. The van der Waals surface area contributed by atoms with Crippen molar-refractivity contribution in [3.8, 4) is 11.4 Å². The number of methoxy groups -OCH3 is 1. The first kappa shape index (κ1) is 18.6. The van der Waals surface area contributed by atoms with Crippen LogP contribution in [0.5, 0.6) is 5.75 Å². The number of hydrogen-bond donors (Lipinski definition) is 1. The van der Waals surface area contributed by atoms with Crippen molar-refractivity contribution in [2.45, 2.75) is 31.8 Å². The molecule has 2 heterocycles. The zero-order valence-corrected chi connectivity index (χ0v) is 17.1. The lowest BCUT2D eigenvalue weighted by Crippen LogP contribution is -2.18. The van der Waals surface area contributed by atoms with Crippen LogP contribution >= 0.6 is 11.8 Å². The molecule has 0 radical (unpaired) electrons. The highest BCUT2D eigenvalue weighted by molar-refractivity contribution is 7.98. The number of amides is 1. The van der Waals surface area contributed by atoms with Crippen molar-refractivity contribution >= 4 is 23.5 Å². The second-order valence-corrected chi connectivity index (χ2v) is 8.01. The summed E-state index contributed by atoms with van der Waals surface area (Å²) < 4.78 is 7.13. The molecule has 0 saturated carbocycles. The summed E-state index contributed by atoms with van der Waals surface area (Å²) >= 11 is 1.83. The highest BCUT2D eigenvalue weighted by atomic mass is 32.2. The average molecular weight is 394 g/mol. The number of benzene rings is 2. The molecule has 28 heavy (non-hydrogen) atoms. The molecule has 0 atom stereocenters. The van der Waals surface area contributed by atoms with Gasteiger partial charge < -0.3 is 10.1 Å². The van der Waals surface area contributed by atoms with Crippen molar-refractivity contribution < 1.29 is 9.53 Å². The van der Waals surface area contributed by atoms with E-state index in [1.165, 1.54) is 11.1 Å². The lowest BCUT2D eigenvalue weighted by Gasteiger charge is -2.12. The molecule has 4 rings (SSSR count). The molecule has 2 aromatic carbocycles. The van der Waals surface area contributed by atoms with E-state index in [4.69, 9.17) is 9.84 Å². The van der Waals surface area contributed by atoms with Crippen LogP contribution < -0.4 is 10.1 Å². The predicted octanol–water partition coefficient (Wildman–Crippen LogP) is 4.43. The van der Waals surface area contributed by atoms with E-state index in [9.17, 15) is 4.79 Å². The smallest absolute Gasteiger partial charge is 0.229 e. The first-order valence-corrected chi connectivity index (χ1v) is 10.4.